The fraction of sp³-hybridized carbons (Fsp3) is 0.476. The predicted molar refractivity (Wildman–Crippen MR) is 103 cm³/mol. The molecule has 1 fully saturated rings. The molecule has 146 valence electrons. The zero-order valence-electron chi connectivity index (χ0n) is 16.3. The van der Waals surface area contributed by atoms with Gasteiger partial charge in [0.25, 0.3) is 0 Å². The number of piperazine rings is 1. The molecule has 1 atom stereocenters. The Labute approximate surface area is 160 Å². The maximum atomic E-state index is 13.1. The minimum absolute atomic E-state index is 0.0448. The van der Waals surface area contributed by atoms with Crippen LogP contribution in [0, 0.1) is 11.2 Å². The predicted octanol–water partition coefficient (Wildman–Crippen LogP) is 2.03. The second-order valence-corrected chi connectivity index (χ2v) is 8.15. The fourth-order valence-corrected chi connectivity index (χ4v) is 3.45. The Morgan fingerprint density at radius 2 is 1.89 bits per heavy atom. The van der Waals surface area contributed by atoms with Crippen molar-refractivity contribution in [1.29, 1.82) is 0 Å². The van der Waals surface area contributed by atoms with E-state index in [1.807, 2.05) is 45.0 Å². The topological polar surface area (TPSA) is 49.9 Å². The first-order valence-corrected chi connectivity index (χ1v) is 9.51. The third-order valence-corrected chi connectivity index (χ3v) is 5.12. The van der Waals surface area contributed by atoms with Gasteiger partial charge in [-0.25, -0.2) is 4.39 Å². The molecule has 1 saturated heterocycles. The van der Waals surface area contributed by atoms with Gasteiger partial charge in [-0.3, -0.25) is 4.79 Å². The molecule has 0 spiro atoms. The van der Waals surface area contributed by atoms with Crippen molar-refractivity contribution in [3.8, 4) is 0 Å². The number of carbonyl (C=O) groups is 1. The molecule has 6 heteroatoms. The van der Waals surface area contributed by atoms with Gasteiger partial charge in [-0.15, -0.1) is 0 Å². The van der Waals surface area contributed by atoms with Gasteiger partial charge < -0.3 is 19.5 Å². The van der Waals surface area contributed by atoms with Gasteiger partial charge >= 0.3 is 0 Å². The summed E-state index contributed by atoms with van der Waals surface area (Å²) in [5, 5.41) is 3.08. The Hall–Kier alpha value is -2.34. The average Bonchev–Trinajstić information content (AvgIpc) is 3.16. The number of hydrogen-bond acceptors (Lipinski definition) is 3. The number of nitrogens with one attached hydrogen (secondary N) is 2. The van der Waals surface area contributed by atoms with Crippen molar-refractivity contribution in [2.75, 3.05) is 37.6 Å². The lowest BCUT2D eigenvalue weighted by molar-refractivity contribution is -0.932. The van der Waals surface area contributed by atoms with E-state index in [2.05, 4.69) is 10.2 Å². The molecule has 1 amide bonds. The number of hydrogen-bond donors (Lipinski definition) is 2. The second kappa shape index (κ2) is 8.13. The molecule has 1 aliphatic rings. The number of anilines is 1. The van der Waals surface area contributed by atoms with Crippen molar-refractivity contribution in [3.63, 3.8) is 0 Å². The first-order chi connectivity index (χ1) is 12.8. The smallest absolute Gasteiger partial charge is 0.225 e. The number of benzene rings is 1. The normalized spacial score (nSPS) is 17.0. The maximum Gasteiger partial charge on any atom is 0.225 e. The number of halogens is 1. The molecule has 2 aromatic rings. The van der Waals surface area contributed by atoms with Crippen LogP contribution in [-0.2, 0) is 4.79 Å². The zero-order valence-corrected chi connectivity index (χ0v) is 16.3. The molecular formula is C21H29FN3O2+. The van der Waals surface area contributed by atoms with Gasteiger partial charge in [0.15, 0.2) is 11.8 Å². The van der Waals surface area contributed by atoms with Crippen LogP contribution in [0.3, 0.4) is 0 Å². The van der Waals surface area contributed by atoms with Crippen molar-refractivity contribution in [1.82, 2.24) is 5.32 Å². The van der Waals surface area contributed by atoms with Crippen LogP contribution in [0.15, 0.2) is 47.1 Å². The van der Waals surface area contributed by atoms with Gasteiger partial charge in [0.1, 0.15) is 5.82 Å². The van der Waals surface area contributed by atoms with Crippen molar-refractivity contribution >= 4 is 11.6 Å². The molecule has 1 aromatic carbocycles. The summed E-state index contributed by atoms with van der Waals surface area (Å²) in [4.78, 5) is 16.0. The van der Waals surface area contributed by atoms with Crippen molar-refractivity contribution in [3.05, 3.63) is 54.2 Å². The molecule has 0 radical (unpaired) electrons. The van der Waals surface area contributed by atoms with Gasteiger partial charge in [-0.2, -0.15) is 0 Å². The van der Waals surface area contributed by atoms with Gasteiger partial charge in [0.05, 0.1) is 39.0 Å². The standard InChI is InChI=1S/C21H28FN3O2/c1-21(2,3)20(26)23-15-18(19-5-4-14-27-19)25-12-10-24(11-13-25)17-8-6-16(22)7-9-17/h4-9,14,18H,10-13,15H2,1-3H3,(H,23,26)/p+1/t18-/m0/s1. The van der Waals surface area contributed by atoms with E-state index in [4.69, 9.17) is 4.42 Å². The summed E-state index contributed by atoms with van der Waals surface area (Å²) in [6.07, 6.45) is 1.68. The quantitative estimate of drug-likeness (QED) is 0.842. The third kappa shape index (κ3) is 4.89. The molecule has 5 nitrogen and oxygen atoms in total. The highest BCUT2D eigenvalue weighted by molar-refractivity contribution is 5.81. The number of nitrogens with zero attached hydrogens (tertiary/aromatic N) is 1. The van der Waals surface area contributed by atoms with E-state index in [0.717, 1.165) is 37.6 Å². The van der Waals surface area contributed by atoms with Crippen LogP contribution in [0.2, 0.25) is 0 Å². The maximum absolute atomic E-state index is 13.1. The summed E-state index contributed by atoms with van der Waals surface area (Å²) in [6, 6.07) is 10.6. The highest BCUT2D eigenvalue weighted by atomic mass is 19.1. The Kier molecular flexibility index (Phi) is 5.85. The van der Waals surface area contributed by atoms with Crippen LogP contribution in [0.25, 0.3) is 0 Å². The number of amides is 1. The van der Waals surface area contributed by atoms with Crippen LogP contribution < -0.4 is 15.1 Å². The molecule has 2 N–H and O–H groups in total. The summed E-state index contributed by atoms with van der Waals surface area (Å²) >= 11 is 0. The Balaban J connectivity index is 1.64. The van der Waals surface area contributed by atoms with Crippen LogP contribution >= 0.6 is 0 Å². The summed E-state index contributed by atoms with van der Waals surface area (Å²) in [6.45, 7) is 9.91. The Bertz CT molecular complexity index is 730. The van der Waals surface area contributed by atoms with E-state index in [1.165, 1.54) is 17.0 Å². The Morgan fingerprint density at radius 3 is 2.44 bits per heavy atom. The van der Waals surface area contributed by atoms with Crippen molar-refractivity contribution in [2.45, 2.75) is 26.8 Å². The Morgan fingerprint density at radius 1 is 1.22 bits per heavy atom. The molecule has 0 saturated carbocycles. The van der Waals surface area contributed by atoms with E-state index < -0.39 is 5.41 Å². The van der Waals surface area contributed by atoms with E-state index >= 15 is 0 Å². The summed E-state index contributed by atoms with van der Waals surface area (Å²) in [7, 11) is 0. The van der Waals surface area contributed by atoms with E-state index in [9.17, 15) is 9.18 Å². The van der Waals surface area contributed by atoms with E-state index in [-0.39, 0.29) is 17.8 Å². The van der Waals surface area contributed by atoms with Crippen LogP contribution in [0.4, 0.5) is 10.1 Å². The minimum atomic E-state index is -0.412. The molecule has 0 bridgehead atoms. The number of carbonyl (C=O) groups excluding carboxylic acids is 1. The molecule has 3 rings (SSSR count). The highest BCUT2D eigenvalue weighted by Gasteiger charge is 2.32. The van der Waals surface area contributed by atoms with E-state index in [1.54, 1.807) is 6.26 Å². The molecular weight excluding hydrogens is 345 g/mol. The van der Waals surface area contributed by atoms with Crippen LogP contribution in [0.5, 0.6) is 0 Å². The monoisotopic (exact) mass is 374 g/mol. The molecule has 27 heavy (non-hydrogen) atoms. The number of rotatable bonds is 5. The molecule has 2 heterocycles. The summed E-state index contributed by atoms with van der Waals surface area (Å²) in [5.74, 6) is 0.730. The van der Waals surface area contributed by atoms with Gasteiger partial charge in [0, 0.05) is 11.1 Å². The van der Waals surface area contributed by atoms with Crippen molar-refractivity contribution < 1.29 is 18.5 Å². The van der Waals surface area contributed by atoms with E-state index in [0.29, 0.717) is 6.54 Å². The van der Waals surface area contributed by atoms with Crippen LogP contribution in [-0.4, -0.2) is 38.6 Å². The lowest BCUT2D eigenvalue weighted by Gasteiger charge is -2.37. The molecule has 1 aromatic heterocycles. The summed E-state index contributed by atoms with van der Waals surface area (Å²) in [5.41, 5.74) is 0.635. The highest BCUT2D eigenvalue weighted by Crippen LogP contribution is 2.17. The average molecular weight is 374 g/mol. The fourth-order valence-electron chi connectivity index (χ4n) is 3.45. The summed E-state index contributed by atoms with van der Waals surface area (Å²) < 4.78 is 18.8. The zero-order chi connectivity index (χ0) is 19.4. The van der Waals surface area contributed by atoms with Gasteiger partial charge in [-0.1, -0.05) is 20.8 Å². The van der Waals surface area contributed by atoms with Gasteiger partial charge in [-0.05, 0) is 36.4 Å². The first-order valence-electron chi connectivity index (χ1n) is 9.51. The molecule has 0 aliphatic carbocycles. The number of furan rings is 1. The second-order valence-electron chi connectivity index (χ2n) is 8.15. The molecule has 1 aliphatic heterocycles. The number of quaternary nitrogens is 1. The van der Waals surface area contributed by atoms with Crippen LogP contribution in [0.1, 0.15) is 32.6 Å². The minimum Gasteiger partial charge on any atom is -0.463 e. The van der Waals surface area contributed by atoms with Crippen molar-refractivity contribution in [2.24, 2.45) is 5.41 Å². The molecule has 0 unspecified atom stereocenters. The SMILES string of the molecule is CC(C)(C)C(=O)NC[C@@H](c1ccco1)[NH+]1CCN(c2ccc(F)cc2)CC1. The largest absolute Gasteiger partial charge is 0.463 e. The lowest BCUT2D eigenvalue weighted by atomic mass is 9.95. The van der Waals surface area contributed by atoms with Gasteiger partial charge in [0.2, 0.25) is 5.91 Å². The lowest BCUT2D eigenvalue weighted by Crippen LogP contribution is -3.15. The first kappa shape index (κ1) is 19.4. The third-order valence-electron chi connectivity index (χ3n) is 5.12.